The van der Waals surface area contributed by atoms with Crippen molar-refractivity contribution >= 4 is 10.0 Å². The maximum Gasteiger partial charge on any atom is 0.241 e. The Hall–Kier alpha value is -0.910. The van der Waals surface area contributed by atoms with Gasteiger partial charge in [0, 0.05) is 19.8 Å². The van der Waals surface area contributed by atoms with Crippen LogP contribution in [0.25, 0.3) is 0 Å². The Labute approximate surface area is 127 Å². The van der Waals surface area contributed by atoms with Crippen molar-refractivity contribution in [2.75, 3.05) is 19.8 Å². The minimum absolute atomic E-state index is 0.409. The van der Waals surface area contributed by atoms with E-state index in [0.717, 1.165) is 29.2 Å². The van der Waals surface area contributed by atoms with Gasteiger partial charge in [0.05, 0.1) is 4.90 Å². The molecule has 0 aromatic heterocycles. The molecule has 118 valence electrons. The number of ether oxygens (including phenoxy) is 1. The lowest BCUT2D eigenvalue weighted by Gasteiger charge is -2.13. The fraction of sp³-hybridized carbons (Fsp3) is 0.625. The Balaban J connectivity index is 1.86. The van der Waals surface area contributed by atoms with Crippen molar-refractivity contribution in [2.24, 2.45) is 5.92 Å². The van der Waals surface area contributed by atoms with Crippen molar-refractivity contribution in [3.63, 3.8) is 0 Å². The summed E-state index contributed by atoms with van der Waals surface area (Å²) in [5.41, 5.74) is 2.67. The van der Waals surface area contributed by atoms with Crippen LogP contribution in [0.1, 0.15) is 36.0 Å². The van der Waals surface area contributed by atoms with Crippen LogP contribution in [0.5, 0.6) is 0 Å². The summed E-state index contributed by atoms with van der Waals surface area (Å²) in [5, 5.41) is 0. The summed E-state index contributed by atoms with van der Waals surface area (Å²) in [5.74, 6) is 0.750. The Morgan fingerprint density at radius 1 is 1.19 bits per heavy atom. The molecule has 1 saturated carbocycles. The SMILES string of the molecule is Cc1cc(C)c(S(=O)(=O)NCCCOCC2CC2)c(C)c1. The summed E-state index contributed by atoms with van der Waals surface area (Å²) in [6.45, 7) is 7.51. The van der Waals surface area contributed by atoms with E-state index < -0.39 is 10.0 Å². The molecule has 0 bridgehead atoms. The number of sulfonamides is 1. The van der Waals surface area contributed by atoms with Crippen molar-refractivity contribution in [2.45, 2.75) is 44.9 Å². The second-order valence-corrected chi connectivity index (χ2v) is 7.70. The zero-order valence-corrected chi connectivity index (χ0v) is 13.9. The number of hydrogen-bond acceptors (Lipinski definition) is 3. The van der Waals surface area contributed by atoms with Gasteiger partial charge in [-0.15, -0.1) is 0 Å². The average Bonchev–Trinajstić information content (AvgIpc) is 3.15. The van der Waals surface area contributed by atoms with Crippen LogP contribution in [-0.4, -0.2) is 28.2 Å². The van der Waals surface area contributed by atoms with Crippen LogP contribution in [-0.2, 0) is 14.8 Å². The van der Waals surface area contributed by atoms with Gasteiger partial charge in [-0.3, -0.25) is 0 Å². The zero-order chi connectivity index (χ0) is 15.5. The molecule has 5 heteroatoms. The number of nitrogens with one attached hydrogen (secondary N) is 1. The van der Waals surface area contributed by atoms with Gasteiger partial charge in [-0.05, 0) is 57.1 Å². The Morgan fingerprint density at radius 3 is 2.38 bits per heavy atom. The molecule has 0 saturated heterocycles. The monoisotopic (exact) mass is 311 g/mol. The number of benzene rings is 1. The average molecular weight is 311 g/mol. The molecule has 1 fully saturated rings. The van der Waals surface area contributed by atoms with Gasteiger partial charge in [0.25, 0.3) is 0 Å². The van der Waals surface area contributed by atoms with E-state index >= 15 is 0 Å². The molecule has 4 nitrogen and oxygen atoms in total. The molecule has 0 aliphatic heterocycles. The molecule has 21 heavy (non-hydrogen) atoms. The maximum atomic E-state index is 12.4. The third-order valence-electron chi connectivity index (χ3n) is 3.68. The lowest BCUT2D eigenvalue weighted by atomic mass is 10.1. The molecule has 1 aromatic carbocycles. The first-order chi connectivity index (χ1) is 9.90. The van der Waals surface area contributed by atoms with Crippen molar-refractivity contribution in [1.29, 1.82) is 0 Å². The van der Waals surface area contributed by atoms with Crippen LogP contribution in [0.3, 0.4) is 0 Å². The predicted octanol–water partition coefficient (Wildman–Crippen LogP) is 2.71. The standard InChI is InChI=1S/C16H25NO3S/c1-12-9-13(2)16(14(3)10-12)21(18,19)17-7-4-8-20-11-15-5-6-15/h9-10,15,17H,4-8,11H2,1-3H3. The van der Waals surface area contributed by atoms with Crippen LogP contribution < -0.4 is 4.72 Å². The zero-order valence-electron chi connectivity index (χ0n) is 13.1. The van der Waals surface area contributed by atoms with Crippen molar-refractivity contribution in [1.82, 2.24) is 4.72 Å². The van der Waals surface area contributed by atoms with Gasteiger partial charge in [0.2, 0.25) is 10.0 Å². The second kappa shape index (κ2) is 6.90. The molecular weight excluding hydrogens is 286 g/mol. The Morgan fingerprint density at radius 2 is 1.81 bits per heavy atom. The fourth-order valence-electron chi connectivity index (χ4n) is 2.58. The first kappa shape index (κ1) is 16.5. The van der Waals surface area contributed by atoms with Crippen molar-refractivity contribution in [3.05, 3.63) is 28.8 Å². The van der Waals surface area contributed by atoms with E-state index in [1.165, 1.54) is 12.8 Å². The van der Waals surface area contributed by atoms with Gasteiger partial charge in [-0.2, -0.15) is 0 Å². The fourth-order valence-corrected chi connectivity index (χ4v) is 4.10. The molecular formula is C16H25NO3S. The summed E-state index contributed by atoms with van der Waals surface area (Å²) in [6, 6.07) is 3.81. The first-order valence-corrected chi connectivity index (χ1v) is 9.04. The normalized spacial score (nSPS) is 15.4. The Kier molecular flexibility index (Phi) is 5.41. The third-order valence-corrected chi connectivity index (χ3v) is 5.45. The topological polar surface area (TPSA) is 55.4 Å². The molecule has 1 aliphatic carbocycles. The molecule has 2 rings (SSSR count). The van der Waals surface area contributed by atoms with Gasteiger partial charge in [0.1, 0.15) is 0 Å². The van der Waals surface area contributed by atoms with Crippen molar-refractivity contribution in [3.8, 4) is 0 Å². The van der Waals surface area contributed by atoms with E-state index in [1.807, 2.05) is 32.9 Å². The molecule has 1 N–H and O–H groups in total. The van der Waals surface area contributed by atoms with Gasteiger partial charge >= 0.3 is 0 Å². The van der Waals surface area contributed by atoms with Gasteiger partial charge in [0.15, 0.2) is 0 Å². The summed E-state index contributed by atoms with van der Waals surface area (Å²) in [4.78, 5) is 0.409. The molecule has 0 heterocycles. The van der Waals surface area contributed by atoms with Gasteiger partial charge in [-0.1, -0.05) is 17.7 Å². The largest absolute Gasteiger partial charge is 0.381 e. The lowest BCUT2D eigenvalue weighted by molar-refractivity contribution is 0.123. The second-order valence-electron chi connectivity index (χ2n) is 6.00. The number of hydrogen-bond donors (Lipinski definition) is 1. The highest BCUT2D eigenvalue weighted by Crippen LogP contribution is 2.28. The molecule has 0 radical (unpaired) electrons. The molecule has 1 aromatic rings. The smallest absolute Gasteiger partial charge is 0.241 e. The molecule has 0 atom stereocenters. The minimum Gasteiger partial charge on any atom is -0.381 e. The van der Waals surface area contributed by atoms with E-state index in [0.29, 0.717) is 24.5 Å². The van der Waals surface area contributed by atoms with E-state index in [2.05, 4.69) is 4.72 Å². The molecule has 0 amide bonds. The Bertz CT molecular complexity index is 569. The summed E-state index contributed by atoms with van der Waals surface area (Å²) < 4.78 is 32.9. The van der Waals surface area contributed by atoms with Crippen LogP contribution in [0.4, 0.5) is 0 Å². The van der Waals surface area contributed by atoms with E-state index in [-0.39, 0.29) is 0 Å². The molecule has 0 spiro atoms. The number of rotatable bonds is 8. The summed E-state index contributed by atoms with van der Waals surface area (Å²) in [7, 11) is -3.44. The molecule has 0 unspecified atom stereocenters. The van der Waals surface area contributed by atoms with E-state index in [1.54, 1.807) is 0 Å². The van der Waals surface area contributed by atoms with Crippen molar-refractivity contribution < 1.29 is 13.2 Å². The van der Waals surface area contributed by atoms with E-state index in [4.69, 9.17) is 4.74 Å². The predicted molar refractivity (Wildman–Crippen MR) is 84.0 cm³/mol. The quantitative estimate of drug-likeness (QED) is 0.751. The minimum atomic E-state index is -3.44. The van der Waals surface area contributed by atoms with E-state index in [9.17, 15) is 8.42 Å². The van der Waals surface area contributed by atoms with Crippen LogP contribution in [0.2, 0.25) is 0 Å². The summed E-state index contributed by atoms with van der Waals surface area (Å²) >= 11 is 0. The van der Waals surface area contributed by atoms with Crippen LogP contribution in [0.15, 0.2) is 17.0 Å². The molecule has 1 aliphatic rings. The van der Waals surface area contributed by atoms with Crippen LogP contribution in [0, 0.1) is 26.7 Å². The van der Waals surface area contributed by atoms with Gasteiger partial charge < -0.3 is 4.74 Å². The highest BCUT2D eigenvalue weighted by atomic mass is 32.2. The highest BCUT2D eigenvalue weighted by Gasteiger charge is 2.21. The summed E-state index contributed by atoms with van der Waals surface area (Å²) in [6.07, 6.45) is 3.26. The maximum absolute atomic E-state index is 12.4. The third kappa shape index (κ3) is 4.80. The van der Waals surface area contributed by atoms with Crippen LogP contribution >= 0.6 is 0 Å². The van der Waals surface area contributed by atoms with Gasteiger partial charge in [-0.25, -0.2) is 13.1 Å². The highest BCUT2D eigenvalue weighted by molar-refractivity contribution is 7.89. The number of aryl methyl sites for hydroxylation is 3. The first-order valence-electron chi connectivity index (χ1n) is 7.55. The lowest BCUT2D eigenvalue weighted by Crippen LogP contribution is -2.27.